The number of hydrogen-bond donors (Lipinski definition) is 3. The fourth-order valence-electron chi connectivity index (χ4n) is 1.96. The monoisotopic (exact) mass is 325 g/mol. The first-order valence-corrected chi connectivity index (χ1v) is 7.22. The van der Waals surface area contributed by atoms with E-state index in [0.717, 1.165) is 0 Å². The molecule has 1 aromatic heterocycles. The molecule has 8 nitrogen and oxygen atoms in total. The molecular weight excluding hydrogens is 302 g/mol. The minimum absolute atomic E-state index is 0.168. The number of carbonyl (C=O) groups excluding carboxylic acids is 3. The molecule has 0 atom stereocenters. The minimum atomic E-state index is -0.780. The highest BCUT2D eigenvalue weighted by atomic mass is 16.6. The summed E-state index contributed by atoms with van der Waals surface area (Å²) in [6.07, 6.45) is -0.780. The lowest BCUT2D eigenvalue weighted by Gasteiger charge is -2.19. The number of amides is 2. The number of hydrogen-bond acceptors (Lipinski definition) is 5. The molecule has 1 heterocycles. The van der Waals surface area contributed by atoms with Gasteiger partial charge in [0.25, 0.3) is 5.91 Å². The second-order valence-corrected chi connectivity index (χ2v) is 5.93. The number of H-pyrrole nitrogens is 1. The summed E-state index contributed by atoms with van der Waals surface area (Å²) in [7, 11) is 0. The van der Waals surface area contributed by atoms with Gasteiger partial charge in [-0.1, -0.05) is 0 Å². The number of aryl methyl sites for hydroxylation is 1. The minimum Gasteiger partial charge on any atom is -0.462 e. The van der Waals surface area contributed by atoms with Gasteiger partial charge in [0.2, 0.25) is 0 Å². The van der Waals surface area contributed by atoms with Gasteiger partial charge < -0.3 is 14.5 Å². The molecule has 0 aliphatic rings. The molecule has 0 aliphatic heterocycles. The van der Waals surface area contributed by atoms with Crippen molar-refractivity contribution in [2.45, 2.75) is 47.1 Å². The van der Waals surface area contributed by atoms with Gasteiger partial charge in [-0.2, -0.15) is 0 Å². The van der Waals surface area contributed by atoms with Crippen molar-refractivity contribution in [2.75, 3.05) is 6.61 Å². The summed E-state index contributed by atoms with van der Waals surface area (Å²) in [5, 5.41) is 0. The van der Waals surface area contributed by atoms with Crippen LogP contribution in [-0.2, 0) is 9.47 Å². The Balaban J connectivity index is 2.80. The Hall–Kier alpha value is -2.51. The highest BCUT2D eigenvalue weighted by Crippen LogP contribution is 2.18. The van der Waals surface area contributed by atoms with Gasteiger partial charge in [0, 0.05) is 5.69 Å². The SMILES string of the molecule is CCOC(=O)c1c(C)[nH]c(C(=O)NNC(=O)OC(C)(C)C)c1C. The van der Waals surface area contributed by atoms with Crippen LogP contribution >= 0.6 is 0 Å². The lowest BCUT2D eigenvalue weighted by Crippen LogP contribution is -2.44. The van der Waals surface area contributed by atoms with Crippen LogP contribution in [0.15, 0.2) is 0 Å². The highest BCUT2D eigenvalue weighted by Gasteiger charge is 2.23. The van der Waals surface area contributed by atoms with E-state index in [-0.39, 0.29) is 12.3 Å². The van der Waals surface area contributed by atoms with E-state index in [4.69, 9.17) is 9.47 Å². The largest absolute Gasteiger partial charge is 0.462 e. The molecule has 3 N–H and O–H groups in total. The maximum Gasteiger partial charge on any atom is 0.426 e. The number of rotatable bonds is 3. The van der Waals surface area contributed by atoms with Crippen molar-refractivity contribution in [1.29, 1.82) is 0 Å². The zero-order valence-electron chi connectivity index (χ0n) is 14.2. The third kappa shape index (κ3) is 5.01. The second kappa shape index (κ2) is 7.17. The van der Waals surface area contributed by atoms with E-state index >= 15 is 0 Å². The van der Waals surface area contributed by atoms with Crippen LogP contribution in [0.4, 0.5) is 4.79 Å². The predicted octanol–water partition coefficient (Wildman–Crippen LogP) is 1.98. The predicted molar refractivity (Wildman–Crippen MR) is 83.1 cm³/mol. The molecule has 0 saturated carbocycles. The smallest absolute Gasteiger partial charge is 0.426 e. The standard InChI is InChI=1S/C15H23N3O5/c1-7-22-13(20)10-8(2)11(16-9(10)3)12(19)17-18-14(21)23-15(4,5)6/h16H,7H2,1-6H3,(H,17,19)(H,18,21). The van der Waals surface area contributed by atoms with Gasteiger partial charge in [0.05, 0.1) is 12.2 Å². The molecule has 23 heavy (non-hydrogen) atoms. The van der Waals surface area contributed by atoms with Crippen LogP contribution < -0.4 is 10.9 Å². The van der Waals surface area contributed by atoms with Crippen LogP contribution in [-0.4, -0.2) is 35.2 Å². The fraction of sp³-hybridized carbons (Fsp3) is 0.533. The number of hydrazine groups is 1. The van der Waals surface area contributed by atoms with Crippen LogP contribution in [0.3, 0.4) is 0 Å². The number of nitrogens with one attached hydrogen (secondary N) is 3. The second-order valence-electron chi connectivity index (χ2n) is 5.93. The topological polar surface area (TPSA) is 110 Å². The number of aromatic amines is 1. The van der Waals surface area contributed by atoms with Gasteiger partial charge in [0.1, 0.15) is 11.3 Å². The molecule has 0 fully saturated rings. The number of carbonyl (C=O) groups is 3. The highest BCUT2D eigenvalue weighted by molar-refractivity contribution is 6.00. The maximum atomic E-state index is 12.1. The molecule has 0 unspecified atom stereocenters. The van der Waals surface area contributed by atoms with Crippen LogP contribution in [0, 0.1) is 13.8 Å². The lowest BCUT2D eigenvalue weighted by atomic mass is 10.1. The molecule has 1 aromatic rings. The molecule has 0 radical (unpaired) electrons. The van der Waals surface area contributed by atoms with E-state index in [2.05, 4.69) is 15.8 Å². The van der Waals surface area contributed by atoms with Crippen molar-refractivity contribution >= 4 is 18.0 Å². The average molecular weight is 325 g/mol. The van der Waals surface area contributed by atoms with E-state index in [1.807, 2.05) is 0 Å². The number of ether oxygens (including phenoxy) is 2. The molecule has 0 saturated heterocycles. The first kappa shape index (κ1) is 18.5. The summed E-state index contributed by atoms with van der Waals surface area (Å²) < 4.78 is 9.96. The van der Waals surface area contributed by atoms with Crippen molar-refractivity contribution in [3.05, 3.63) is 22.5 Å². The lowest BCUT2D eigenvalue weighted by molar-refractivity contribution is 0.0480. The van der Waals surface area contributed by atoms with E-state index in [1.54, 1.807) is 41.5 Å². The van der Waals surface area contributed by atoms with Crippen molar-refractivity contribution in [3.63, 3.8) is 0 Å². The zero-order valence-corrected chi connectivity index (χ0v) is 14.2. The third-order valence-electron chi connectivity index (χ3n) is 2.82. The Bertz CT molecular complexity index is 613. The molecule has 0 aliphatic carbocycles. The van der Waals surface area contributed by atoms with Crippen LogP contribution in [0.1, 0.15) is 59.8 Å². The molecule has 1 rings (SSSR count). The quantitative estimate of drug-likeness (QED) is 0.581. The van der Waals surface area contributed by atoms with Gasteiger partial charge in [-0.05, 0) is 47.1 Å². The van der Waals surface area contributed by atoms with Crippen LogP contribution in [0.5, 0.6) is 0 Å². The van der Waals surface area contributed by atoms with Gasteiger partial charge in [-0.15, -0.1) is 0 Å². The van der Waals surface area contributed by atoms with E-state index in [9.17, 15) is 14.4 Å². The van der Waals surface area contributed by atoms with Gasteiger partial charge in [-0.3, -0.25) is 10.2 Å². The Morgan fingerprint density at radius 3 is 2.26 bits per heavy atom. The summed E-state index contributed by atoms with van der Waals surface area (Å²) in [5.74, 6) is -1.09. The number of aromatic nitrogens is 1. The summed E-state index contributed by atoms with van der Waals surface area (Å²) >= 11 is 0. The summed E-state index contributed by atoms with van der Waals surface area (Å²) in [4.78, 5) is 38.3. The molecular formula is C15H23N3O5. The van der Waals surface area contributed by atoms with Gasteiger partial charge in [-0.25, -0.2) is 15.0 Å². The van der Waals surface area contributed by atoms with Crippen molar-refractivity contribution in [1.82, 2.24) is 15.8 Å². The van der Waals surface area contributed by atoms with E-state index in [0.29, 0.717) is 16.8 Å². The summed E-state index contributed by atoms with van der Waals surface area (Å²) in [5.41, 5.74) is 5.15. The Labute approximate surface area is 134 Å². The number of esters is 1. The Morgan fingerprint density at radius 1 is 1.13 bits per heavy atom. The zero-order chi connectivity index (χ0) is 17.8. The van der Waals surface area contributed by atoms with Crippen LogP contribution in [0.25, 0.3) is 0 Å². The molecule has 2 amide bonds. The Kier molecular flexibility index (Phi) is 5.78. The molecule has 0 aromatic carbocycles. The summed E-state index contributed by atoms with van der Waals surface area (Å²) in [6.45, 7) is 10.4. The molecule has 0 spiro atoms. The van der Waals surface area contributed by atoms with Crippen LogP contribution in [0.2, 0.25) is 0 Å². The summed E-state index contributed by atoms with van der Waals surface area (Å²) in [6, 6.07) is 0. The molecule has 8 heteroatoms. The first-order valence-electron chi connectivity index (χ1n) is 7.22. The molecule has 0 bridgehead atoms. The molecule has 128 valence electrons. The van der Waals surface area contributed by atoms with E-state index < -0.39 is 23.6 Å². The van der Waals surface area contributed by atoms with Gasteiger partial charge >= 0.3 is 12.1 Å². The van der Waals surface area contributed by atoms with Crippen molar-refractivity contribution in [3.8, 4) is 0 Å². The van der Waals surface area contributed by atoms with E-state index in [1.165, 1.54) is 0 Å². The fourth-order valence-corrected chi connectivity index (χ4v) is 1.96. The van der Waals surface area contributed by atoms with Gasteiger partial charge in [0.15, 0.2) is 0 Å². The van der Waals surface area contributed by atoms with Crippen molar-refractivity contribution < 1.29 is 23.9 Å². The Morgan fingerprint density at radius 2 is 1.74 bits per heavy atom. The maximum absolute atomic E-state index is 12.1. The van der Waals surface area contributed by atoms with Crippen molar-refractivity contribution in [2.24, 2.45) is 0 Å². The normalized spacial score (nSPS) is 10.9. The first-order chi connectivity index (χ1) is 10.6. The third-order valence-corrected chi connectivity index (χ3v) is 2.82. The average Bonchev–Trinajstić information content (AvgIpc) is 2.69.